The summed E-state index contributed by atoms with van der Waals surface area (Å²) < 4.78 is 70.7. The smallest absolute Gasteiger partial charge is 0.390 e. The average molecular weight is 711 g/mol. The highest BCUT2D eigenvalue weighted by Gasteiger charge is 2.33. The summed E-state index contributed by atoms with van der Waals surface area (Å²) >= 11 is 0. The van der Waals surface area contributed by atoms with Crippen LogP contribution in [0.15, 0.2) is 41.2 Å². The summed E-state index contributed by atoms with van der Waals surface area (Å²) in [5, 5.41) is 15.9. The van der Waals surface area contributed by atoms with Crippen LogP contribution in [0.5, 0.6) is 0 Å². The first-order valence-corrected chi connectivity index (χ1v) is 17.3. The molecule has 0 spiro atoms. The summed E-state index contributed by atoms with van der Waals surface area (Å²) in [5.41, 5.74) is 2.77. The molecule has 5 heterocycles. The van der Waals surface area contributed by atoms with Crippen LogP contribution < -0.4 is 10.6 Å². The van der Waals surface area contributed by atoms with Gasteiger partial charge in [0.15, 0.2) is 5.65 Å². The van der Waals surface area contributed by atoms with Crippen LogP contribution in [0.2, 0.25) is 0 Å². The molecule has 0 bridgehead atoms. The van der Waals surface area contributed by atoms with E-state index in [1.54, 1.807) is 20.9 Å². The predicted octanol–water partition coefficient (Wildman–Crippen LogP) is 2.81. The lowest BCUT2D eigenvalue weighted by molar-refractivity contribution is -0.137. The summed E-state index contributed by atoms with van der Waals surface area (Å²) in [5.74, 6) is 0.767. The number of hydrogen-bond donors (Lipinski definition) is 1. The van der Waals surface area contributed by atoms with Gasteiger partial charge >= 0.3 is 11.9 Å². The highest BCUT2D eigenvalue weighted by atomic mass is 32.2. The van der Waals surface area contributed by atoms with E-state index in [0.29, 0.717) is 61.4 Å². The summed E-state index contributed by atoms with van der Waals surface area (Å²) in [6.07, 6.45) is -2.40. The van der Waals surface area contributed by atoms with Crippen LogP contribution in [0.1, 0.15) is 35.7 Å². The molecule has 1 N–H and O–H groups in total. The van der Waals surface area contributed by atoms with Crippen LogP contribution in [0.3, 0.4) is 0 Å². The molecule has 0 saturated carbocycles. The van der Waals surface area contributed by atoms with Crippen LogP contribution in [0.25, 0.3) is 22.4 Å². The quantitative estimate of drug-likeness (QED) is 0.297. The molecule has 0 aliphatic carbocycles. The number of imidazole rings is 1. The van der Waals surface area contributed by atoms with Crippen molar-refractivity contribution < 1.29 is 26.7 Å². The zero-order chi connectivity index (χ0) is 33.8. The number of anilines is 1. The number of aryl methyl sites for hydroxylation is 1. The highest BCUT2D eigenvalue weighted by Crippen LogP contribution is 2.34. The van der Waals surface area contributed by atoms with Gasteiger partial charge in [-0.1, -0.05) is 12.1 Å². The number of piperidine rings is 1. The lowest BCUT2D eigenvalue weighted by Crippen LogP contribution is -2.42. The van der Waals surface area contributed by atoms with Gasteiger partial charge < -0.3 is 14.9 Å². The second-order valence-corrected chi connectivity index (χ2v) is 14.7. The molecule has 48 heavy (non-hydrogen) atoms. The summed E-state index contributed by atoms with van der Waals surface area (Å²) in [6, 6.07) is 8.42. The lowest BCUT2D eigenvalue weighted by Gasteiger charge is -2.33. The highest BCUT2D eigenvalue weighted by molar-refractivity contribution is 7.88. The summed E-state index contributed by atoms with van der Waals surface area (Å²) in [6.45, 7) is 2.12. The normalized spacial score (nSPS) is 17.3. The number of alkyl halides is 3. The largest absolute Gasteiger partial charge is 0.416 e. The van der Waals surface area contributed by atoms with E-state index in [-0.39, 0.29) is 44.9 Å². The third-order valence-corrected chi connectivity index (χ3v) is 10.5. The summed E-state index contributed by atoms with van der Waals surface area (Å²) in [7, 11) is 2.05. The minimum Gasteiger partial charge on any atom is -0.390 e. The molecule has 1 atom stereocenters. The number of pyridine rings is 1. The van der Waals surface area contributed by atoms with Gasteiger partial charge in [-0.3, -0.25) is 13.8 Å². The number of aliphatic hydroxyl groups excluding tert-OH is 1. The lowest BCUT2D eigenvalue weighted by atomic mass is 10.0. The first-order valence-electron chi connectivity index (χ1n) is 15.5. The van der Waals surface area contributed by atoms with Crippen LogP contribution in [0, 0.1) is 0 Å². The Morgan fingerprint density at radius 3 is 2.31 bits per heavy atom. The molecule has 3 aromatic heterocycles. The first kappa shape index (κ1) is 35.9. The van der Waals surface area contributed by atoms with Gasteiger partial charge in [0.05, 0.1) is 35.7 Å². The minimum atomic E-state index is -4.49. The Hall–Kier alpha value is -3.38. The molecular weight excluding hydrogens is 670 g/mol. The van der Waals surface area contributed by atoms with Crippen LogP contribution in [0.4, 0.5) is 19.0 Å². The van der Waals surface area contributed by atoms with Crippen LogP contribution in [-0.4, -0.2) is 99.3 Å². The second kappa shape index (κ2) is 13.5. The molecule has 4 aromatic rings. The van der Waals surface area contributed by atoms with E-state index in [4.69, 9.17) is 10.1 Å². The second-order valence-electron chi connectivity index (χ2n) is 12.7. The van der Waals surface area contributed by atoms with E-state index in [2.05, 4.69) is 4.90 Å². The fourth-order valence-corrected chi connectivity index (χ4v) is 7.45. The van der Waals surface area contributed by atoms with Crippen molar-refractivity contribution in [1.82, 2.24) is 33.1 Å². The van der Waals surface area contributed by atoms with Gasteiger partial charge in [-0.25, -0.2) is 18.2 Å². The predicted molar refractivity (Wildman–Crippen MR) is 182 cm³/mol. The fraction of sp³-hybridized carbons (Fsp3) is 0.516. The minimum absolute atomic E-state index is 0. The zero-order valence-corrected chi connectivity index (χ0v) is 29.1. The topological polar surface area (TPSA) is 122 Å². The maximum Gasteiger partial charge on any atom is 0.416 e. The number of aliphatic hydroxyl groups is 1. The zero-order valence-electron chi connectivity index (χ0n) is 27.3. The molecule has 0 radical (unpaired) electrons. The number of benzene rings is 1. The van der Waals surface area contributed by atoms with Gasteiger partial charge in [-0.2, -0.15) is 36.1 Å². The van der Waals surface area contributed by atoms with E-state index in [1.807, 2.05) is 31.1 Å². The SMILES string of the molecule is CN(C)c1ccc2c(n1)n(C1CCN(C[C@H](O)Cn3nc(-c4ccc(C(F)(F)F)cc4)c4c3CCN(S(C)(=O)=O)C4)CC1)c(=O)n2C.S. The average Bonchev–Trinajstić information content (AvgIpc) is 3.50. The summed E-state index contributed by atoms with van der Waals surface area (Å²) in [4.78, 5) is 22.0. The third-order valence-electron chi connectivity index (χ3n) is 9.21. The van der Waals surface area contributed by atoms with Crippen molar-refractivity contribution in [2.45, 2.75) is 50.7 Å². The first-order chi connectivity index (χ1) is 22.1. The Balaban J connectivity index is 0.00000451. The Labute approximate surface area is 283 Å². The van der Waals surface area contributed by atoms with Crippen LogP contribution >= 0.6 is 13.5 Å². The molecule has 0 amide bonds. The van der Waals surface area contributed by atoms with Crippen molar-refractivity contribution in [1.29, 1.82) is 0 Å². The molecule has 2 aliphatic rings. The molecule has 1 saturated heterocycles. The molecule has 12 nitrogen and oxygen atoms in total. The van der Waals surface area contributed by atoms with Gasteiger partial charge in [-0.05, 0) is 37.1 Å². The van der Waals surface area contributed by atoms with E-state index in [0.717, 1.165) is 35.4 Å². The molecule has 0 unspecified atom stereocenters. The van der Waals surface area contributed by atoms with Crippen LogP contribution in [-0.2, 0) is 42.8 Å². The molecule has 2 aliphatic heterocycles. The van der Waals surface area contributed by atoms with Crippen molar-refractivity contribution in [3.63, 3.8) is 0 Å². The number of fused-ring (bicyclic) bond motifs is 2. The Morgan fingerprint density at radius 1 is 1.04 bits per heavy atom. The Bertz CT molecular complexity index is 1950. The number of rotatable bonds is 8. The van der Waals surface area contributed by atoms with E-state index >= 15 is 0 Å². The number of aromatic nitrogens is 5. The molecule has 1 fully saturated rings. The van der Waals surface area contributed by atoms with Crippen molar-refractivity contribution in [3.05, 3.63) is 63.7 Å². The van der Waals surface area contributed by atoms with Gasteiger partial charge in [0.25, 0.3) is 0 Å². The van der Waals surface area contributed by atoms with E-state index < -0.39 is 27.9 Å². The van der Waals surface area contributed by atoms with Gasteiger partial charge in [-0.15, -0.1) is 0 Å². The standard InChI is InChI=1S/C31H39F3N8O4S.H2S/c1-37(2)27-10-9-26-29(35-27)42(30(44)38(26)3)22-11-14-39(15-12-22)17-23(43)18-41-25-13-16-40(47(4,45)46)19-24(25)28(36-41)20-5-7-21(8-6-20)31(32,33)34;/h5-10,22-23,43H,11-19H2,1-4H3;1H2/t23-;/m0./s1. The maximum absolute atomic E-state index is 13.2. The van der Waals surface area contributed by atoms with Crippen molar-refractivity contribution in [2.75, 3.05) is 51.4 Å². The third kappa shape index (κ3) is 7.01. The van der Waals surface area contributed by atoms with Gasteiger partial charge in [0.1, 0.15) is 5.82 Å². The van der Waals surface area contributed by atoms with E-state index in [1.165, 1.54) is 16.4 Å². The molecule has 262 valence electrons. The fourth-order valence-electron chi connectivity index (χ4n) is 6.67. The van der Waals surface area contributed by atoms with Gasteiger partial charge in [0, 0.05) is 83.2 Å². The Kier molecular flexibility index (Phi) is 10.1. The molecule has 6 rings (SSSR count). The van der Waals surface area contributed by atoms with Crippen molar-refractivity contribution in [3.8, 4) is 11.3 Å². The Morgan fingerprint density at radius 2 is 1.71 bits per heavy atom. The number of hydrogen-bond acceptors (Lipinski definition) is 8. The number of likely N-dealkylation sites (tertiary alicyclic amines) is 1. The number of halogens is 3. The van der Waals surface area contributed by atoms with Crippen molar-refractivity contribution >= 4 is 40.5 Å². The molecular formula is C31H41F3N8O4S2. The van der Waals surface area contributed by atoms with E-state index in [9.17, 15) is 31.5 Å². The van der Waals surface area contributed by atoms with Crippen molar-refractivity contribution in [2.24, 2.45) is 7.05 Å². The number of nitrogens with zero attached hydrogens (tertiary/aromatic N) is 8. The number of β-amino-alcohol motifs (C(OH)–C–C–N with tert-alkyl or cyclic N) is 1. The monoisotopic (exact) mass is 710 g/mol. The molecule has 17 heteroatoms. The van der Waals surface area contributed by atoms with Gasteiger partial charge in [0.2, 0.25) is 10.0 Å². The maximum atomic E-state index is 13.2. The molecule has 1 aromatic carbocycles. The number of sulfonamides is 1.